The molecule has 0 unspecified atom stereocenters. The summed E-state index contributed by atoms with van der Waals surface area (Å²) in [4.78, 5) is 12.1. The molecule has 7 nitrogen and oxygen atoms in total. The normalized spacial score (nSPS) is 8.36. The van der Waals surface area contributed by atoms with Crippen LogP contribution in [0.1, 0.15) is 79.6 Å². The number of alkyl halides is 1. The Morgan fingerprint density at radius 3 is 1.79 bits per heavy atom. The lowest BCUT2D eigenvalue weighted by Gasteiger charge is -1.99. The van der Waals surface area contributed by atoms with Crippen LogP contribution in [0, 0.1) is 5.41 Å². The van der Waals surface area contributed by atoms with Crippen LogP contribution in [0.25, 0.3) is 0 Å². The molecule has 0 aliphatic rings. The molecule has 0 aromatic rings. The second-order valence-electron chi connectivity index (χ2n) is 7.19. The van der Waals surface area contributed by atoms with E-state index in [1.165, 1.54) is 44.6 Å². The van der Waals surface area contributed by atoms with Crippen LogP contribution in [0.5, 0.6) is 0 Å². The van der Waals surface area contributed by atoms with Crippen LogP contribution in [0.2, 0.25) is 0 Å². The van der Waals surface area contributed by atoms with Gasteiger partial charge in [0.05, 0.1) is 12.9 Å². The first-order valence-electron chi connectivity index (χ1n) is 14.4. The molecule has 0 saturated heterocycles. The molecule has 42 heavy (non-hydrogen) atoms. The van der Waals surface area contributed by atoms with Gasteiger partial charge in [0.1, 0.15) is 13.0 Å². The Hall–Kier alpha value is -1.98. The Morgan fingerprint density at radius 1 is 1.00 bits per heavy atom. The topological polar surface area (TPSA) is 127 Å². The summed E-state index contributed by atoms with van der Waals surface area (Å²) in [5.74, 6) is 2.17. The Labute approximate surface area is 264 Å². The Balaban J connectivity index is -0.0000000544. The molecule has 0 fully saturated rings. The van der Waals surface area contributed by atoms with Gasteiger partial charge in [0, 0.05) is 31.8 Å². The first-order chi connectivity index (χ1) is 20.3. The van der Waals surface area contributed by atoms with Gasteiger partial charge in [0.15, 0.2) is 0 Å². The maximum Gasteiger partial charge on any atom is 0.116 e. The maximum absolute atomic E-state index is 10.6. The van der Waals surface area contributed by atoms with Crippen molar-refractivity contribution in [3.05, 3.63) is 49.9 Å². The van der Waals surface area contributed by atoms with Crippen LogP contribution >= 0.6 is 11.8 Å². The highest BCUT2D eigenvalue weighted by Gasteiger charge is 1.84. The van der Waals surface area contributed by atoms with E-state index in [2.05, 4.69) is 56.2 Å². The molecular formula is C32H69F2N5O2S. The lowest BCUT2D eigenvalue weighted by molar-refractivity contribution is -0.106. The van der Waals surface area contributed by atoms with E-state index < -0.39 is 6.67 Å². The summed E-state index contributed by atoms with van der Waals surface area (Å²) in [5, 5.41) is 9.67. The zero-order chi connectivity index (χ0) is 34.4. The highest BCUT2D eigenvalue weighted by molar-refractivity contribution is 7.99. The smallest absolute Gasteiger partial charge is 0.116 e. The number of halogens is 2. The lowest BCUT2D eigenvalue weighted by atomic mass is 10.2. The molecule has 0 radical (unpaired) electrons. The number of carbonyl (C=O) groups is 1. The highest BCUT2D eigenvalue weighted by Crippen LogP contribution is 1.95. The van der Waals surface area contributed by atoms with Crippen molar-refractivity contribution in [2.24, 2.45) is 16.5 Å². The van der Waals surface area contributed by atoms with E-state index in [4.69, 9.17) is 26.4 Å². The number of nitrogens with two attached hydrogens (primary N) is 2. The van der Waals surface area contributed by atoms with Gasteiger partial charge in [0.2, 0.25) is 0 Å². The molecule has 6 N–H and O–H groups in total. The number of aliphatic imine (C=N–C) groups is 1. The van der Waals surface area contributed by atoms with Crippen molar-refractivity contribution in [2.45, 2.75) is 79.6 Å². The zero-order valence-corrected chi connectivity index (χ0v) is 29.0. The molecule has 0 aromatic heterocycles. The van der Waals surface area contributed by atoms with E-state index in [0.29, 0.717) is 19.5 Å². The summed E-state index contributed by atoms with van der Waals surface area (Å²) >= 11 is 1.88. The van der Waals surface area contributed by atoms with E-state index in [-0.39, 0.29) is 0 Å². The molecule has 0 atom stereocenters. The molecule has 0 aliphatic carbocycles. The van der Waals surface area contributed by atoms with E-state index in [0.717, 1.165) is 56.8 Å². The fourth-order valence-corrected chi connectivity index (χ4v) is 2.01. The van der Waals surface area contributed by atoms with E-state index in [9.17, 15) is 8.78 Å². The van der Waals surface area contributed by atoms with Gasteiger partial charge in [-0.05, 0) is 79.4 Å². The SMILES string of the molecule is C/C=C/CSCNC.C/C=C/F.C=CCC.C=CCF.C=NC.CC=O.CCCCCOCCN.N=CCCCCN. The van der Waals surface area contributed by atoms with Crippen molar-refractivity contribution < 1.29 is 18.3 Å². The summed E-state index contributed by atoms with van der Waals surface area (Å²) in [6.45, 7) is 21.6. The van der Waals surface area contributed by atoms with Crippen molar-refractivity contribution in [1.29, 1.82) is 5.41 Å². The molecule has 0 spiro atoms. The standard InChI is InChI=1S/C7H17NO.C6H13NS.C5H12N2.C4H8.2C3H5F.C2H5N.C2H4O/c1-2-3-4-6-9-7-5-8;1-3-4-5-8-6-7-2;6-4-2-1-3-5-7;1-3-4-2;2*1-2-3-4;1-3-2;1-2-3/h2-8H2,1H3;3-4,7H,5-6H2,1-2H3;4,6H,1-3,5,7H2;3H,1,4H2,2H3;2-3H,1H3;2H,1,3H2;1H2,2H3;2H,1H3/b;4-3+;;;3-2+;;;. The number of hydrogen-bond donors (Lipinski definition) is 4. The van der Waals surface area contributed by atoms with Crippen LogP contribution in [0.4, 0.5) is 8.78 Å². The van der Waals surface area contributed by atoms with Gasteiger partial charge in [0.25, 0.3) is 0 Å². The maximum atomic E-state index is 10.6. The Morgan fingerprint density at radius 2 is 1.50 bits per heavy atom. The summed E-state index contributed by atoms with van der Waals surface area (Å²) in [5.41, 5.74) is 10.4. The number of thioether (sulfide) groups is 1. The first-order valence-corrected chi connectivity index (χ1v) is 15.5. The molecule has 0 aliphatic heterocycles. The van der Waals surface area contributed by atoms with Crippen molar-refractivity contribution >= 4 is 31.0 Å². The van der Waals surface area contributed by atoms with Gasteiger partial charge in [-0.25, -0.2) is 8.78 Å². The number of unbranched alkanes of at least 4 members (excludes halogenated alkanes) is 4. The Kier molecular flexibility index (Phi) is 138. The average molecular weight is 626 g/mol. The molecule has 0 rings (SSSR count). The van der Waals surface area contributed by atoms with E-state index in [1.54, 1.807) is 14.0 Å². The third-order valence-corrected chi connectivity index (χ3v) is 4.10. The predicted molar refractivity (Wildman–Crippen MR) is 192 cm³/mol. The molecule has 0 saturated carbocycles. The van der Waals surface area contributed by atoms with Crippen LogP contribution < -0.4 is 16.8 Å². The van der Waals surface area contributed by atoms with Crippen LogP contribution in [-0.4, -0.2) is 77.9 Å². The minimum Gasteiger partial charge on any atom is -0.380 e. The summed E-state index contributed by atoms with van der Waals surface area (Å²) in [6.07, 6.45) is 19.1. The second-order valence-corrected chi connectivity index (χ2v) is 8.22. The first kappa shape index (κ1) is 59.4. The van der Waals surface area contributed by atoms with E-state index in [1.807, 2.05) is 31.8 Å². The molecule has 10 heteroatoms. The minimum atomic E-state index is -0.417. The summed E-state index contributed by atoms with van der Waals surface area (Å²) in [7, 11) is 3.60. The largest absolute Gasteiger partial charge is 0.380 e. The number of carbonyl (C=O) groups excluding carboxylic acids is 1. The number of hydrogen-bond acceptors (Lipinski definition) is 8. The molecule has 0 heterocycles. The second kappa shape index (κ2) is 97.8. The lowest BCUT2D eigenvalue weighted by Crippen LogP contribution is -2.08. The molecular weight excluding hydrogens is 556 g/mol. The molecule has 0 amide bonds. The van der Waals surface area contributed by atoms with Gasteiger partial charge in [-0.2, -0.15) is 0 Å². The number of nitrogens with one attached hydrogen (secondary N) is 2. The predicted octanol–water partition coefficient (Wildman–Crippen LogP) is 8.13. The summed E-state index contributed by atoms with van der Waals surface area (Å²) < 4.78 is 26.3. The van der Waals surface area contributed by atoms with Crippen LogP contribution in [-0.2, 0) is 9.53 Å². The van der Waals surface area contributed by atoms with Crippen molar-refractivity contribution in [1.82, 2.24) is 5.32 Å². The van der Waals surface area contributed by atoms with Crippen LogP contribution in [0.15, 0.2) is 54.9 Å². The van der Waals surface area contributed by atoms with Crippen molar-refractivity contribution in [3.8, 4) is 0 Å². The van der Waals surface area contributed by atoms with Gasteiger partial charge in [-0.15, -0.1) is 24.9 Å². The third kappa shape index (κ3) is 203. The quantitative estimate of drug-likeness (QED) is 0.0451. The van der Waals surface area contributed by atoms with Gasteiger partial charge in [-0.1, -0.05) is 57.1 Å². The number of aldehydes is 1. The number of ether oxygens (including phenoxy) is 1. The fraction of sp³-hybridized carbons (Fsp3) is 0.656. The summed E-state index contributed by atoms with van der Waals surface area (Å²) in [6, 6.07) is 0. The molecule has 0 bridgehead atoms. The average Bonchev–Trinajstić information content (AvgIpc) is 3.01. The van der Waals surface area contributed by atoms with Crippen molar-refractivity contribution in [3.63, 3.8) is 0 Å². The number of nitrogens with zero attached hydrogens (tertiary/aromatic N) is 1. The van der Waals surface area contributed by atoms with Crippen molar-refractivity contribution in [2.75, 3.05) is 58.7 Å². The monoisotopic (exact) mass is 626 g/mol. The Bertz CT molecular complexity index is 462. The number of allylic oxidation sites excluding steroid dienone is 4. The van der Waals surface area contributed by atoms with Crippen LogP contribution in [0.3, 0.4) is 0 Å². The van der Waals surface area contributed by atoms with Gasteiger partial charge < -0.3 is 36.7 Å². The number of rotatable bonds is 16. The van der Waals surface area contributed by atoms with Gasteiger partial charge >= 0.3 is 0 Å². The molecule has 254 valence electrons. The third-order valence-electron chi connectivity index (χ3n) is 3.18. The minimum absolute atomic E-state index is 0.417. The van der Waals surface area contributed by atoms with Gasteiger partial charge in [-0.3, -0.25) is 0 Å². The zero-order valence-electron chi connectivity index (χ0n) is 28.2. The highest BCUT2D eigenvalue weighted by atomic mass is 32.2. The molecule has 0 aromatic carbocycles. The van der Waals surface area contributed by atoms with E-state index >= 15 is 0 Å². The fourth-order valence-electron chi connectivity index (χ4n) is 1.36.